The Morgan fingerprint density at radius 2 is 1.79 bits per heavy atom. The minimum Gasteiger partial charge on any atom is -0.357 e. The molecule has 0 saturated heterocycles. The molecule has 0 unspecified atom stereocenters. The number of guanidine groups is 1. The molecule has 0 aliphatic heterocycles. The van der Waals surface area contributed by atoms with Crippen molar-refractivity contribution in [1.29, 1.82) is 0 Å². The maximum Gasteiger partial charge on any atom is 0.246 e. The average Bonchev–Trinajstić information content (AvgIpc) is 2.68. The molecule has 2 rings (SSSR count). The average molecular weight is 541 g/mol. The van der Waals surface area contributed by atoms with Crippen molar-refractivity contribution in [3.8, 4) is 0 Å². The van der Waals surface area contributed by atoms with Crippen LogP contribution in [0.4, 0.5) is 18.9 Å². The summed E-state index contributed by atoms with van der Waals surface area (Å²) in [5.74, 6) is -4.72. The van der Waals surface area contributed by atoms with Crippen molar-refractivity contribution in [2.24, 2.45) is 4.99 Å². The molecular weight excluding hydrogens is 520 g/mol. The lowest BCUT2D eigenvalue weighted by Crippen LogP contribution is -2.39. The zero-order valence-corrected chi connectivity index (χ0v) is 18.7. The Labute approximate surface area is 189 Å². The highest BCUT2D eigenvalue weighted by atomic mass is 127. The van der Waals surface area contributed by atoms with E-state index in [9.17, 15) is 18.0 Å². The summed E-state index contributed by atoms with van der Waals surface area (Å²) in [5.41, 5.74) is 0.523. The van der Waals surface area contributed by atoms with Crippen LogP contribution < -0.4 is 16.0 Å². The van der Waals surface area contributed by atoms with Crippen LogP contribution in [0.2, 0.25) is 5.02 Å². The molecule has 2 aromatic rings. The van der Waals surface area contributed by atoms with Gasteiger partial charge in [-0.25, -0.2) is 18.2 Å². The predicted molar refractivity (Wildman–Crippen MR) is 119 cm³/mol. The number of rotatable bonds is 7. The molecule has 3 N–H and O–H groups in total. The molecule has 29 heavy (non-hydrogen) atoms. The van der Waals surface area contributed by atoms with E-state index in [4.69, 9.17) is 11.6 Å². The number of benzene rings is 2. The van der Waals surface area contributed by atoms with Crippen LogP contribution in [0.15, 0.2) is 41.4 Å². The first-order valence-corrected chi connectivity index (χ1v) is 8.99. The van der Waals surface area contributed by atoms with Gasteiger partial charge in [0.1, 0.15) is 6.54 Å². The van der Waals surface area contributed by atoms with E-state index in [1.165, 1.54) is 0 Å². The highest BCUT2D eigenvalue weighted by molar-refractivity contribution is 14.0. The van der Waals surface area contributed by atoms with Crippen molar-refractivity contribution in [2.75, 3.05) is 25.0 Å². The summed E-state index contributed by atoms with van der Waals surface area (Å²) in [6, 6.07) is 9.14. The lowest BCUT2D eigenvalue weighted by atomic mass is 10.1. The van der Waals surface area contributed by atoms with E-state index in [0.29, 0.717) is 30.5 Å². The molecule has 158 valence electrons. The number of hydrogen-bond donors (Lipinski definition) is 3. The molecule has 0 radical (unpaired) electrons. The summed E-state index contributed by atoms with van der Waals surface area (Å²) in [6.07, 6.45) is 0.649. The van der Waals surface area contributed by atoms with Crippen LogP contribution in [-0.2, 0) is 11.2 Å². The number of nitrogens with zero attached hydrogens (tertiary/aromatic N) is 1. The molecule has 0 atom stereocenters. The molecule has 10 heteroatoms. The first-order valence-electron chi connectivity index (χ1n) is 8.61. The third kappa shape index (κ3) is 7.73. The Bertz CT molecular complexity index is 867. The number of carbonyl (C=O) groups is 1. The van der Waals surface area contributed by atoms with Crippen LogP contribution in [-0.4, -0.2) is 31.5 Å². The predicted octanol–water partition coefficient (Wildman–Crippen LogP) is 4.11. The minimum atomic E-state index is -1.64. The lowest BCUT2D eigenvalue weighted by molar-refractivity contribution is -0.114. The van der Waals surface area contributed by atoms with E-state index >= 15 is 0 Å². The van der Waals surface area contributed by atoms with E-state index < -0.39 is 29.0 Å². The molecule has 5 nitrogen and oxygen atoms in total. The fourth-order valence-corrected chi connectivity index (χ4v) is 2.55. The van der Waals surface area contributed by atoms with Crippen molar-refractivity contribution < 1.29 is 18.0 Å². The quantitative estimate of drug-likeness (QED) is 0.214. The second kappa shape index (κ2) is 12.5. The Balaban J connectivity index is 0.00000420. The van der Waals surface area contributed by atoms with Gasteiger partial charge in [0.15, 0.2) is 23.4 Å². The van der Waals surface area contributed by atoms with Gasteiger partial charge >= 0.3 is 0 Å². The van der Waals surface area contributed by atoms with Gasteiger partial charge in [0.2, 0.25) is 5.91 Å². The SMILES string of the molecule is CCNC(=NCC(=O)Nc1ccc(F)c(F)c1F)NCCc1ccccc1Cl.I. The molecular formula is C19H21ClF3IN4O. The molecule has 0 aromatic heterocycles. The van der Waals surface area contributed by atoms with E-state index in [-0.39, 0.29) is 30.5 Å². The van der Waals surface area contributed by atoms with E-state index in [2.05, 4.69) is 20.9 Å². The van der Waals surface area contributed by atoms with Gasteiger partial charge in [-0.05, 0) is 37.1 Å². The lowest BCUT2D eigenvalue weighted by Gasteiger charge is -2.12. The number of hydrogen-bond acceptors (Lipinski definition) is 2. The summed E-state index contributed by atoms with van der Waals surface area (Å²) in [4.78, 5) is 16.0. The molecule has 1 amide bonds. The largest absolute Gasteiger partial charge is 0.357 e. The summed E-state index contributed by atoms with van der Waals surface area (Å²) < 4.78 is 39.7. The first kappa shape index (κ1) is 25.0. The zero-order valence-electron chi connectivity index (χ0n) is 15.6. The van der Waals surface area contributed by atoms with Crippen LogP contribution >= 0.6 is 35.6 Å². The Morgan fingerprint density at radius 3 is 2.48 bits per heavy atom. The maximum absolute atomic E-state index is 13.6. The van der Waals surface area contributed by atoms with Crippen LogP contribution in [0, 0.1) is 17.5 Å². The second-order valence-corrected chi connectivity index (χ2v) is 6.14. The fraction of sp³-hybridized carbons (Fsp3) is 0.263. The van der Waals surface area contributed by atoms with Gasteiger partial charge in [0.25, 0.3) is 0 Å². The molecule has 0 aliphatic carbocycles. The highest BCUT2D eigenvalue weighted by Crippen LogP contribution is 2.19. The van der Waals surface area contributed by atoms with Gasteiger partial charge in [-0.3, -0.25) is 4.79 Å². The first-order chi connectivity index (χ1) is 13.4. The number of anilines is 1. The third-order valence-corrected chi connectivity index (χ3v) is 4.05. The number of carbonyl (C=O) groups excluding carboxylic acids is 1. The third-order valence-electron chi connectivity index (χ3n) is 3.68. The van der Waals surface area contributed by atoms with Gasteiger partial charge in [-0.1, -0.05) is 29.8 Å². The summed E-state index contributed by atoms with van der Waals surface area (Å²) >= 11 is 6.11. The fourth-order valence-electron chi connectivity index (χ4n) is 2.32. The Kier molecular flexibility index (Phi) is 10.8. The van der Waals surface area contributed by atoms with E-state index in [1.54, 1.807) is 6.07 Å². The topological polar surface area (TPSA) is 65.5 Å². The molecule has 0 bridgehead atoms. The van der Waals surface area contributed by atoms with Gasteiger partial charge < -0.3 is 16.0 Å². The van der Waals surface area contributed by atoms with Gasteiger partial charge in [0, 0.05) is 18.1 Å². The monoisotopic (exact) mass is 540 g/mol. The van der Waals surface area contributed by atoms with Crippen molar-refractivity contribution >= 4 is 53.1 Å². The van der Waals surface area contributed by atoms with Crippen molar-refractivity contribution in [3.05, 3.63) is 64.4 Å². The van der Waals surface area contributed by atoms with E-state index in [0.717, 1.165) is 17.7 Å². The molecule has 0 fully saturated rings. The minimum absolute atomic E-state index is 0. The normalized spacial score (nSPS) is 10.9. The summed E-state index contributed by atoms with van der Waals surface area (Å²) in [5, 5.41) is 8.86. The second-order valence-electron chi connectivity index (χ2n) is 5.73. The zero-order chi connectivity index (χ0) is 20.5. The van der Waals surface area contributed by atoms with Crippen molar-refractivity contribution in [2.45, 2.75) is 13.3 Å². The van der Waals surface area contributed by atoms with Crippen LogP contribution in [0.1, 0.15) is 12.5 Å². The van der Waals surface area contributed by atoms with E-state index in [1.807, 2.05) is 25.1 Å². The summed E-state index contributed by atoms with van der Waals surface area (Å²) in [6.45, 7) is 2.62. The summed E-state index contributed by atoms with van der Waals surface area (Å²) in [7, 11) is 0. The molecule has 0 aliphatic rings. The van der Waals surface area contributed by atoms with Crippen LogP contribution in [0.25, 0.3) is 0 Å². The molecule has 0 spiro atoms. The maximum atomic E-state index is 13.6. The van der Waals surface area contributed by atoms with Crippen molar-refractivity contribution in [3.63, 3.8) is 0 Å². The van der Waals surface area contributed by atoms with Gasteiger partial charge in [-0.2, -0.15) is 0 Å². The van der Waals surface area contributed by atoms with Crippen LogP contribution in [0.3, 0.4) is 0 Å². The Hall–Kier alpha value is -2.01. The van der Waals surface area contributed by atoms with Crippen molar-refractivity contribution in [1.82, 2.24) is 10.6 Å². The number of aliphatic imine (C=N–C) groups is 1. The van der Waals surface area contributed by atoms with Crippen LogP contribution in [0.5, 0.6) is 0 Å². The standard InChI is InChI=1S/C19H20ClF3N4O.HI/c1-2-24-19(25-10-9-12-5-3-4-6-13(12)20)26-11-16(28)27-15-8-7-14(21)17(22)18(15)23;/h3-8H,2,9-11H2,1H3,(H,27,28)(H2,24,25,26);1H. The molecule has 0 saturated carbocycles. The van der Waals surface area contributed by atoms with Gasteiger partial charge in [0.05, 0.1) is 5.69 Å². The number of amides is 1. The number of halogens is 5. The smallest absolute Gasteiger partial charge is 0.246 e. The Morgan fingerprint density at radius 1 is 1.07 bits per heavy atom. The highest BCUT2D eigenvalue weighted by Gasteiger charge is 2.15. The number of nitrogens with one attached hydrogen (secondary N) is 3. The molecule has 2 aromatic carbocycles. The molecule has 0 heterocycles. The van der Waals surface area contributed by atoms with Gasteiger partial charge in [-0.15, -0.1) is 24.0 Å².